The summed E-state index contributed by atoms with van der Waals surface area (Å²) in [6.07, 6.45) is 4.67. The Morgan fingerprint density at radius 3 is 2.95 bits per heavy atom. The van der Waals surface area contributed by atoms with E-state index in [1.807, 2.05) is 11.3 Å². The van der Waals surface area contributed by atoms with Crippen LogP contribution in [0.3, 0.4) is 0 Å². The number of nitrogens with one attached hydrogen (secondary N) is 1. The average molecular weight is 308 g/mol. The van der Waals surface area contributed by atoms with Crippen LogP contribution in [0.2, 0.25) is 0 Å². The van der Waals surface area contributed by atoms with E-state index in [0.717, 1.165) is 45.8 Å². The van der Waals surface area contributed by atoms with Crippen LogP contribution in [0.1, 0.15) is 35.1 Å². The third kappa shape index (κ3) is 5.22. The van der Waals surface area contributed by atoms with E-state index in [9.17, 15) is 0 Å². The van der Waals surface area contributed by atoms with E-state index in [1.54, 1.807) is 7.11 Å². The summed E-state index contributed by atoms with van der Waals surface area (Å²) in [7, 11) is 1.77. The zero-order chi connectivity index (χ0) is 15.1. The van der Waals surface area contributed by atoms with Gasteiger partial charge in [0.1, 0.15) is 0 Å². The molecule has 0 aliphatic carbocycles. The van der Waals surface area contributed by atoms with Crippen LogP contribution in [0.25, 0.3) is 0 Å². The normalized spacial score (nSPS) is 16.2. The zero-order valence-corrected chi connectivity index (χ0v) is 14.4. The maximum absolute atomic E-state index is 5.21. The number of ether oxygens (including phenoxy) is 1. The number of thiophene rings is 1. The van der Waals surface area contributed by atoms with Crippen LogP contribution in [-0.4, -0.2) is 38.3 Å². The summed E-state index contributed by atoms with van der Waals surface area (Å²) >= 11 is 1.94. The van der Waals surface area contributed by atoms with Gasteiger partial charge in [-0.25, -0.2) is 0 Å². The number of hydrogen-bond donors (Lipinski definition) is 1. The first kappa shape index (κ1) is 16.7. The van der Waals surface area contributed by atoms with Gasteiger partial charge in [0.2, 0.25) is 0 Å². The van der Waals surface area contributed by atoms with Crippen LogP contribution in [0.5, 0.6) is 0 Å². The van der Waals surface area contributed by atoms with Crippen LogP contribution in [0, 0.1) is 6.92 Å². The highest BCUT2D eigenvalue weighted by Crippen LogP contribution is 2.24. The van der Waals surface area contributed by atoms with Crippen molar-refractivity contribution < 1.29 is 4.74 Å². The largest absolute Gasteiger partial charge is 0.380 e. The fraction of sp³-hybridized carbons (Fsp3) is 0.647. The fourth-order valence-electron chi connectivity index (χ4n) is 2.67. The quantitative estimate of drug-likeness (QED) is 0.589. The smallest absolute Gasteiger partial charge is 0.0673 e. The highest BCUT2D eigenvalue weighted by molar-refractivity contribution is 7.12. The van der Waals surface area contributed by atoms with Crippen LogP contribution in [0.15, 0.2) is 17.7 Å². The van der Waals surface area contributed by atoms with E-state index >= 15 is 0 Å². The van der Waals surface area contributed by atoms with Crippen molar-refractivity contribution >= 4 is 11.3 Å². The average Bonchev–Trinajstić information content (AvgIpc) is 2.82. The van der Waals surface area contributed by atoms with Gasteiger partial charge >= 0.3 is 0 Å². The van der Waals surface area contributed by atoms with Crippen LogP contribution in [0.4, 0.5) is 0 Å². The molecule has 0 radical (unpaired) electrons. The summed E-state index contributed by atoms with van der Waals surface area (Å²) in [6.45, 7) is 10.6. The van der Waals surface area contributed by atoms with E-state index in [0.29, 0.717) is 0 Å². The fourth-order valence-corrected chi connectivity index (χ4v) is 3.70. The number of nitrogens with zero attached hydrogens (tertiary/aromatic N) is 1. The minimum absolute atomic E-state index is 0.790. The van der Waals surface area contributed by atoms with Crippen LogP contribution in [-0.2, 0) is 17.8 Å². The van der Waals surface area contributed by atoms with Crippen molar-refractivity contribution in [3.05, 3.63) is 33.0 Å². The Hall–Kier alpha value is -0.680. The third-order valence-electron chi connectivity index (χ3n) is 3.91. The molecule has 0 amide bonds. The second-order valence-corrected chi connectivity index (χ2v) is 7.09. The Labute approximate surface area is 133 Å². The molecular weight excluding hydrogens is 280 g/mol. The molecule has 118 valence electrons. The van der Waals surface area contributed by atoms with Gasteiger partial charge in [0, 0.05) is 43.0 Å². The lowest BCUT2D eigenvalue weighted by Crippen LogP contribution is -2.29. The SMILES string of the molecule is CCCNCc1cc(CN2CC=C(COC)CC2)c(C)s1. The summed E-state index contributed by atoms with van der Waals surface area (Å²) in [5.74, 6) is 0. The molecule has 0 aromatic carbocycles. The number of methoxy groups -OCH3 is 1. The first-order valence-electron chi connectivity index (χ1n) is 7.91. The van der Waals surface area contributed by atoms with Crippen molar-refractivity contribution in [1.29, 1.82) is 0 Å². The lowest BCUT2D eigenvalue weighted by molar-refractivity contribution is 0.210. The molecular formula is C17H28N2OS. The van der Waals surface area contributed by atoms with Crippen molar-refractivity contribution in [3.8, 4) is 0 Å². The maximum atomic E-state index is 5.21. The van der Waals surface area contributed by atoms with E-state index in [1.165, 1.54) is 27.3 Å². The number of hydrogen-bond acceptors (Lipinski definition) is 4. The standard InChI is InChI=1S/C17H28N2OS/c1-4-7-18-11-17-10-16(14(2)21-17)12-19-8-5-15(6-9-19)13-20-3/h5,10,18H,4,6-9,11-13H2,1-3H3. The lowest BCUT2D eigenvalue weighted by atomic mass is 10.1. The van der Waals surface area contributed by atoms with E-state index < -0.39 is 0 Å². The van der Waals surface area contributed by atoms with Gasteiger partial charge in [-0.1, -0.05) is 13.0 Å². The molecule has 1 aromatic rings. The molecule has 4 heteroatoms. The Morgan fingerprint density at radius 1 is 1.43 bits per heavy atom. The summed E-state index contributed by atoms with van der Waals surface area (Å²) in [5.41, 5.74) is 2.94. The summed E-state index contributed by atoms with van der Waals surface area (Å²) < 4.78 is 5.21. The maximum Gasteiger partial charge on any atom is 0.0673 e. The molecule has 1 aromatic heterocycles. The van der Waals surface area contributed by atoms with Gasteiger partial charge in [-0.2, -0.15) is 0 Å². The molecule has 2 heterocycles. The highest BCUT2D eigenvalue weighted by Gasteiger charge is 2.14. The molecule has 0 fully saturated rings. The molecule has 0 bridgehead atoms. The van der Waals surface area contributed by atoms with Crippen molar-refractivity contribution in [3.63, 3.8) is 0 Å². The second-order valence-electron chi connectivity index (χ2n) is 5.75. The van der Waals surface area contributed by atoms with Gasteiger partial charge in [0.15, 0.2) is 0 Å². The van der Waals surface area contributed by atoms with Crippen molar-refractivity contribution in [2.24, 2.45) is 0 Å². The van der Waals surface area contributed by atoms with Gasteiger partial charge in [0.25, 0.3) is 0 Å². The number of rotatable bonds is 8. The van der Waals surface area contributed by atoms with Gasteiger partial charge in [0.05, 0.1) is 6.61 Å². The highest BCUT2D eigenvalue weighted by atomic mass is 32.1. The molecule has 0 spiro atoms. The van der Waals surface area contributed by atoms with Crippen molar-refractivity contribution in [2.45, 2.75) is 39.8 Å². The summed E-state index contributed by atoms with van der Waals surface area (Å²) in [6, 6.07) is 2.39. The molecule has 0 saturated heterocycles. The molecule has 3 nitrogen and oxygen atoms in total. The predicted octanol–water partition coefficient (Wildman–Crippen LogP) is 3.33. The molecule has 0 saturated carbocycles. The van der Waals surface area contributed by atoms with E-state index in [2.05, 4.69) is 36.2 Å². The lowest BCUT2D eigenvalue weighted by Gasteiger charge is -2.26. The van der Waals surface area contributed by atoms with Gasteiger partial charge < -0.3 is 10.1 Å². The Morgan fingerprint density at radius 2 is 2.29 bits per heavy atom. The first-order chi connectivity index (χ1) is 10.2. The molecule has 2 rings (SSSR count). The summed E-state index contributed by atoms with van der Waals surface area (Å²) in [5, 5.41) is 3.49. The number of aryl methyl sites for hydroxylation is 1. The topological polar surface area (TPSA) is 24.5 Å². The molecule has 1 aliphatic rings. The van der Waals surface area contributed by atoms with Gasteiger partial charge in [-0.05, 0) is 43.5 Å². The summed E-state index contributed by atoms with van der Waals surface area (Å²) in [4.78, 5) is 5.45. The molecule has 0 atom stereocenters. The van der Waals surface area contributed by atoms with Crippen LogP contribution < -0.4 is 5.32 Å². The monoisotopic (exact) mass is 308 g/mol. The minimum Gasteiger partial charge on any atom is -0.380 e. The zero-order valence-electron chi connectivity index (χ0n) is 13.6. The van der Waals surface area contributed by atoms with Crippen LogP contribution >= 0.6 is 11.3 Å². The molecule has 0 unspecified atom stereocenters. The Balaban J connectivity index is 1.86. The van der Waals surface area contributed by atoms with E-state index in [4.69, 9.17) is 4.74 Å². The Bertz CT molecular complexity index is 467. The van der Waals surface area contributed by atoms with Gasteiger partial charge in [-0.3, -0.25) is 4.90 Å². The predicted molar refractivity (Wildman–Crippen MR) is 90.9 cm³/mol. The van der Waals surface area contributed by atoms with Crippen molar-refractivity contribution in [2.75, 3.05) is 33.4 Å². The molecule has 21 heavy (non-hydrogen) atoms. The van der Waals surface area contributed by atoms with E-state index in [-0.39, 0.29) is 0 Å². The molecule has 1 aliphatic heterocycles. The van der Waals surface area contributed by atoms with Crippen molar-refractivity contribution in [1.82, 2.24) is 10.2 Å². The van der Waals surface area contributed by atoms with Gasteiger partial charge in [-0.15, -0.1) is 11.3 Å². The first-order valence-corrected chi connectivity index (χ1v) is 8.72. The molecule has 1 N–H and O–H groups in total. The third-order valence-corrected chi connectivity index (χ3v) is 5.00. The second kappa shape index (κ2) is 8.69. The minimum atomic E-state index is 0.790. The Kier molecular flexibility index (Phi) is 6.90.